The Morgan fingerprint density at radius 2 is 0.967 bits per heavy atom. The second kappa shape index (κ2) is 7.52. The Hall–Kier alpha value is -2.70. The van der Waals surface area contributed by atoms with Crippen LogP contribution in [0.5, 0.6) is 11.5 Å². The van der Waals surface area contributed by atoms with Crippen LogP contribution >= 0.6 is 22.7 Å². The van der Waals surface area contributed by atoms with Crippen molar-refractivity contribution in [2.75, 3.05) is 0 Å². The molecule has 5 rings (SSSR count). The van der Waals surface area contributed by atoms with E-state index in [2.05, 4.69) is 12.1 Å². The van der Waals surface area contributed by atoms with Crippen molar-refractivity contribution in [2.24, 2.45) is 0 Å². The van der Waals surface area contributed by atoms with E-state index in [1.807, 2.05) is 64.1 Å². The van der Waals surface area contributed by atoms with Crippen molar-refractivity contribution in [3.8, 4) is 11.5 Å². The molecule has 0 N–H and O–H groups in total. The lowest BCUT2D eigenvalue weighted by molar-refractivity contribution is 0.242. The van der Waals surface area contributed by atoms with Crippen molar-refractivity contribution in [1.82, 2.24) is 0 Å². The molecule has 0 atom stereocenters. The molecular weight excluding hydrogens is 416 g/mol. The summed E-state index contributed by atoms with van der Waals surface area (Å²) in [6, 6.07) is 16.1. The Morgan fingerprint density at radius 1 is 0.567 bits per heavy atom. The van der Waals surface area contributed by atoms with Crippen LogP contribution < -0.4 is 9.47 Å². The Morgan fingerprint density at radius 3 is 1.37 bits per heavy atom. The molecule has 4 nitrogen and oxygen atoms in total. The minimum Gasteiger partial charge on any atom is -0.491 e. The summed E-state index contributed by atoms with van der Waals surface area (Å²) in [7, 11) is 0. The fourth-order valence-electron chi connectivity index (χ4n) is 3.31. The lowest BCUT2D eigenvalue weighted by Gasteiger charge is -2.11. The van der Waals surface area contributed by atoms with Crippen LogP contribution in [0.1, 0.15) is 27.7 Å². The third-order valence-electron chi connectivity index (χ3n) is 4.46. The molecule has 0 saturated heterocycles. The SMILES string of the molecule is CC(C)Oc1ccc2sc3cc4oc5cc(OC(C)C)ccc5sc4cc3oc2c1. The molecule has 2 heterocycles. The zero-order valence-corrected chi connectivity index (χ0v) is 18.9. The molecule has 0 bridgehead atoms. The number of hydrogen-bond donors (Lipinski definition) is 0. The van der Waals surface area contributed by atoms with Crippen molar-refractivity contribution in [2.45, 2.75) is 39.9 Å². The van der Waals surface area contributed by atoms with Gasteiger partial charge in [0.05, 0.1) is 31.0 Å². The van der Waals surface area contributed by atoms with Crippen LogP contribution in [-0.4, -0.2) is 12.2 Å². The van der Waals surface area contributed by atoms with Gasteiger partial charge in [0.15, 0.2) is 0 Å². The molecule has 0 radical (unpaired) electrons. The normalized spacial score (nSPS) is 11.9. The number of rotatable bonds is 4. The average Bonchev–Trinajstić information content (AvgIpc) is 2.68. The summed E-state index contributed by atoms with van der Waals surface area (Å²) in [6.45, 7) is 8.07. The first-order valence-electron chi connectivity index (χ1n) is 9.95. The molecule has 0 aliphatic carbocycles. The fourth-order valence-corrected chi connectivity index (χ4v) is 5.19. The van der Waals surface area contributed by atoms with Gasteiger partial charge in [-0.25, -0.2) is 0 Å². The lowest BCUT2D eigenvalue weighted by atomic mass is 10.3. The highest BCUT2D eigenvalue weighted by Gasteiger charge is 2.10. The number of benzene rings is 3. The molecule has 0 amide bonds. The summed E-state index contributed by atoms with van der Waals surface area (Å²) in [5.41, 5.74) is 3.32. The van der Waals surface area contributed by atoms with Gasteiger partial charge in [-0.1, -0.05) is 0 Å². The van der Waals surface area contributed by atoms with E-state index >= 15 is 0 Å². The van der Waals surface area contributed by atoms with Gasteiger partial charge in [-0.2, -0.15) is 0 Å². The maximum atomic E-state index is 6.23. The van der Waals surface area contributed by atoms with E-state index in [0.717, 1.165) is 52.6 Å². The minimum atomic E-state index is 0.124. The van der Waals surface area contributed by atoms with Gasteiger partial charge in [0, 0.05) is 24.3 Å². The maximum Gasteiger partial charge on any atom is 0.148 e. The molecule has 0 aliphatic rings. The number of hydrogen-bond acceptors (Lipinski definition) is 6. The van der Waals surface area contributed by atoms with E-state index in [1.54, 1.807) is 22.7 Å². The molecule has 0 saturated carbocycles. The highest BCUT2D eigenvalue weighted by Crippen LogP contribution is 2.37. The zero-order chi connectivity index (χ0) is 20.8. The van der Waals surface area contributed by atoms with Gasteiger partial charge < -0.3 is 18.3 Å². The Bertz CT molecular complexity index is 1300. The Kier molecular flexibility index (Phi) is 4.83. The summed E-state index contributed by atoms with van der Waals surface area (Å²) in [5.74, 6) is 1.63. The quantitative estimate of drug-likeness (QED) is 0.265. The van der Waals surface area contributed by atoms with Crippen LogP contribution in [-0.2, 0) is 0 Å². The van der Waals surface area contributed by atoms with Gasteiger partial charge in [0.2, 0.25) is 0 Å². The minimum absolute atomic E-state index is 0.124. The van der Waals surface area contributed by atoms with Crippen LogP contribution in [0, 0.1) is 0 Å². The molecule has 0 unspecified atom stereocenters. The summed E-state index contributed by atoms with van der Waals surface area (Å²) in [4.78, 5) is 0. The van der Waals surface area contributed by atoms with Crippen LogP contribution in [0.15, 0.2) is 57.4 Å². The highest BCUT2D eigenvalue weighted by atomic mass is 32.1. The zero-order valence-electron chi connectivity index (χ0n) is 17.2. The van der Waals surface area contributed by atoms with Crippen LogP contribution in [0.25, 0.3) is 41.1 Å². The first-order valence-corrected chi connectivity index (χ1v) is 11.6. The van der Waals surface area contributed by atoms with Crippen LogP contribution in [0.3, 0.4) is 0 Å². The second-order valence-corrected chi connectivity index (χ2v) is 9.87. The standard InChI is InChI=1S/C24H22O4S2/c1-13(2)25-15-5-7-21-17(9-15)27-19-11-24-20(12-23(19)29-21)28-18-10-16(26-14(3)4)6-8-22(18)30-24/h5-14H,1-4H3. The summed E-state index contributed by atoms with van der Waals surface area (Å²) < 4.78 is 28.3. The fraction of sp³-hybridized carbons (Fsp3) is 0.250. The molecule has 154 valence electrons. The Labute approximate surface area is 181 Å². The van der Waals surface area contributed by atoms with E-state index < -0.39 is 0 Å². The van der Waals surface area contributed by atoms with Crippen molar-refractivity contribution in [3.05, 3.63) is 48.5 Å². The van der Waals surface area contributed by atoms with Gasteiger partial charge in [0.1, 0.15) is 33.8 Å². The van der Waals surface area contributed by atoms with Gasteiger partial charge in [-0.05, 0) is 52.0 Å². The number of fused-ring (bicyclic) bond motifs is 4. The molecule has 0 aliphatic heterocycles. The summed E-state index contributed by atoms with van der Waals surface area (Å²) in [5, 5.41) is 0. The van der Waals surface area contributed by atoms with Gasteiger partial charge in [-0.15, -0.1) is 22.7 Å². The van der Waals surface area contributed by atoms with Crippen molar-refractivity contribution < 1.29 is 18.3 Å². The van der Waals surface area contributed by atoms with Gasteiger partial charge in [0.25, 0.3) is 0 Å². The monoisotopic (exact) mass is 438 g/mol. The van der Waals surface area contributed by atoms with E-state index in [1.165, 1.54) is 0 Å². The summed E-state index contributed by atoms with van der Waals surface area (Å²) in [6.07, 6.45) is 0.248. The highest BCUT2D eigenvalue weighted by molar-refractivity contribution is 7.25. The van der Waals surface area contributed by atoms with E-state index in [-0.39, 0.29) is 12.2 Å². The number of ether oxygens (including phenoxy) is 2. The maximum absolute atomic E-state index is 6.23. The molecule has 5 aromatic rings. The van der Waals surface area contributed by atoms with Gasteiger partial charge in [-0.3, -0.25) is 0 Å². The smallest absolute Gasteiger partial charge is 0.148 e. The first-order chi connectivity index (χ1) is 14.4. The molecule has 0 spiro atoms. The third-order valence-corrected chi connectivity index (χ3v) is 6.66. The lowest BCUT2D eigenvalue weighted by Crippen LogP contribution is -2.05. The molecule has 2 aromatic heterocycles. The Balaban J connectivity index is 1.66. The van der Waals surface area contributed by atoms with Crippen LogP contribution in [0.4, 0.5) is 0 Å². The molecule has 6 heteroatoms. The topological polar surface area (TPSA) is 44.7 Å². The van der Waals surface area contributed by atoms with E-state index in [4.69, 9.17) is 18.3 Å². The second-order valence-electron chi connectivity index (χ2n) is 7.70. The third kappa shape index (κ3) is 3.73. The molecule has 0 fully saturated rings. The summed E-state index contributed by atoms with van der Waals surface area (Å²) >= 11 is 3.36. The van der Waals surface area contributed by atoms with E-state index in [9.17, 15) is 0 Å². The van der Waals surface area contributed by atoms with E-state index in [0.29, 0.717) is 0 Å². The van der Waals surface area contributed by atoms with Crippen molar-refractivity contribution >= 4 is 63.8 Å². The largest absolute Gasteiger partial charge is 0.491 e. The predicted molar refractivity (Wildman–Crippen MR) is 126 cm³/mol. The van der Waals surface area contributed by atoms with Crippen LogP contribution in [0.2, 0.25) is 0 Å². The van der Waals surface area contributed by atoms with Crippen molar-refractivity contribution in [1.29, 1.82) is 0 Å². The average molecular weight is 439 g/mol. The molecular formula is C24H22O4S2. The predicted octanol–water partition coefficient (Wildman–Crippen LogP) is 8.31. The van der Waals surface area contributed by atoms with Crippen molar-refractivity contribution in [3.63, 3.8) is 0 Å². The van der Waals surface area contributed by atoms with Gasteiger partial charge >= 0.3 is 0 Å². The first kappa shape index (κ1) is 19.3. The molecule has 3 aromatic carbocycles. The molecule has 30 heavy (non-hydrogen) atoms.